The Morgan fingerprint density at radius 3 is 2.79 bits per heavy atom. The number of ether oxygens (including phenoxy) is 4. The predicted molar refractivity (Wildman–Crippen MR) is 103 cm³/mol. The molecule has 28 heavy (non-hydrogen) atoms. The lowest BCUT2D eigenvalue weighted by Crippen LogP contribution is -2.29. The van der Waals surface area contributed by atoms with E-state index in [1.807, 2.05) is 0 Å². The number of nitrogens with zero attached hydrogens (tertiary/aromatic N) is 1. The smallest absolute Gasteiger partial charge is 0.246 e. The van der Waals surface area contributed by atoms with E-state index in [1.165, 1.54) is 17.0 Å². The van der Waals surface area contributed by atoms with Crippen LogP contribution in [0.2, 0.25) is 0 Å². The average molecular weight is 387 g/mol. The van der Waals surface area contributed by atoms with E-state index in [0.29, 0.717) is 37.0 Å². The number of hydrogen-bond acceptors (Lipinski definition) is 5. The molecule has 1 aliphatic heterocycles. The van der Waals surface area contributed by atoms with Crippen LogP contribution in [0.15, 0.2) is 42.5 Å². The fourth-order valence-corrected chi connectivity index (χ4v) is 2.65. The zero-order valence-corrected chi connectivity index (χ0v) is 15.8. The van der Waals surface area contributed by atoms with Crippen molar-refractivity contribution in [2.75, 3.05) is 40.5 Å². The van der Waals surface area contributed by atoms with Crippen molar-refractivity contribution in [1.82, 2.24) is 4.90 Å². The van der Waals surface area contributed by atoms with Crippen molar-refractivity contribution < 1.29 is 28.1 Å². The maximum Gasteiger partial charge on any atom is 0.246 e. The van der Waals surface area contributed by atoms with Gasteiger partial charge in [-0.3, -0.25) is 4.79 Å². The van der Waals surface area contributed by atoms with Crippen molar-refractivity contribution in [2.24, 2.45) is 0 Å². The number of rotatable bonds is 7. The number of likely N-dealkylation sites (N-methyl/N-ethyl adjacent to an activating group) is 1. The summed E-state index contributed by atoms with van der Waals surface area (Å²) >= 11 is 0. The summed E-state index contributed by atoms with van der Waals surface area (Å²) in [5, 5.41) is 0. The Morgan fingerprint density at radius 2 is 2.00 bits per heavy atom. The highest BCUT2D eigenvalue weighted by atomic mass is 19.1. The van der Waals surface area contributed by atoms with Gasteiger partial charge in [-0.25, -0.2) is 4.39 Å². The first kappa shape index (κ1) is 19.5. The third kappa shape index (κ3) is 4.73. The molecule has 2 aromatic carbocycles. The van der Waals surface area contributed by atoms with Crippen molar-refractivity contribution in [3.05, 3.63) is 53.9 Å². The average Bonchev–Trinajstić information content (AvgIpc) is 2.72. The summed E-state index contributed by atoms with van der Waals surface area (Å²) in [5.41, 5.74) is 0.755. The molecular formula is C21H22FNO5. The van der Waals surface area contributed by atoms with Crippen LogP contribution >= 0.6 is 0 Å². The Balaban J connectivity index is 1.57. The second-order valence-electron chi connectivity index (χ2n) is 6.12. The van der Waals surface area contributed by atoms with Crippen molar-refractivity contribution >= 4 is 12.0 Å². The van der Waals surface area contributed by atoms with Gasteiger partial charge in [0, 0.05) is 13.1 Å². The fraction of sp³-hybridized carbons (Fsp3) is 0.286. The van der Waals surface area contributed by atoms with E-state index in [-0.39, 0.29) is 18.3 Å². The minimum absolute atomic E-state index is 0.169. The molecule has 0 aromatic heterocycles. The van der Waals surface area contributed by atoms with E-state index < -0.39 is 5.82 Å². The summed E-state index contributed by atoms with van der Waals surface area (Å²) in [7, 11) is 3.21. The molecule has 0 saturated heterocycles. The first-order valence-electron chi connectivity index (χ1n) is 8.86. The van der Waals surface area contributed by atoms with Gasteiger partial charge in [-0.1, -0.05) is 12.1 Å². The van der Waals surface area contributed by atoms with Crippen LogP contribution in [0.5, 0.6) is 23.0 Å². The zero-order chi connectivity index (χ0) is 19.9. The van der Waals surface area contributed by atoms with Crippen LogP contribution in [-0.4, -0.2) is 51.3 Å². The number of benzene rings is 2. The van der Waals surface area contributed by atoms with Crippen molar-refractivity contribution in [2.45, 2.75) is 0 Å². The monoisotopic (exact) mass is 387 g/mol. The van der Waals surface area contributed by atoms with Gasteiger partial charge in [0.05, 0.1) is 13.7 Å². The molecule has 148 valence electrons. The first-order valence-corrected chi connectivity index (χ1v) is 8.86. The molecule has 0 fully saturated rings. The summed E-state index contributed by atoms with van der Waals surface area (Å²) in [5.74, 6) is 1.25. The lowest BCUT2D eigenvalue weighted by atomic mass is 10.1. The summed E-state index contributed by atoms with van der Waals surface area (Å²) in [6.45, 7) is 1.45. The molecule has 0 N–H and O–H groups in total. The number of para-hydroxylation sites is 1. The van der Waals surface area contributed by atoms with Gasteiger partial charge in [-0.2, -0.15) is 0 Å². The molecule has 6 nitrogen and oxygen atoms in total. The number of hydrogen-bond donors (Lipinski definition) is 0. The van der Waals surface area contributed by atoms with Crippen LogP contribution in [0.25, 0.3) is 6.08 Å². The van der Waals surface area contributed by atoms with E-state index in [1.54, 1.807) is 50.6 Å². The SMILES string of the molecule is COc1cc(/C=C/C(=O)N(C)CCOc2ccccc2F)cc2c1OCCO2. The maximum absolute atomic E-state index is 13.5. The minimum Gasteiger partial charge on any atom is -0.493 e. The highest BCUT2D eigenvalue weighted by Gasteiger charge is 2.18. The Hall–Kier alpha value is -3.22. The standard InChI is InChI=1S/C21H22FNO5/c1-23(9-10-26-17-6-4-3-5-16(17)22)20(24)8-7-15-13-18(25-2)21-19(14-15)27-11-12-28-21/h3-8,13-14H,9-12H2,1-2H3/b8-7+. The largest absolute Gasteiger partial charge is 0.493 e. The third-order valence-corrected chi connectivity index (χ3v) is 4.17. The Morgan fingerprint density at radius 1 is 1.21 bits per heavy atom. The lowest BCUT2D eigenvalue weighted by molar-refractivity contribution is -0.125. The number of amides is 1. The summed E-state index contributed by atoms with van der Waals surface area (Å²) in [6, 6.07) is 9.73. The molecule has 0 aliphatic carbocycles. The van der Waals surface area contributed by atoms with Crippen LogP contribution in [0.1, 0.15) is 5.56 Å². The minimum atomic E-state index is -0.427. The summed E-state index contributed by atoms with van der Waals surface area (Å²) in [4.78, 5) is 13.8. The quantitative estimate of drug-likeness (QED) is 0.683. The van der Waals surface area contributed by atoms with Gasteiger partial charge >= 0.3 is 0 Å². The molecule has 1 heterocycles. The Kier molecular flexibility index (Phi) is 6.37. The number of carbonyl (C=O) groups is 1. The van der Waals surface area contributed by atoms with Gasteiger partial charge in [-0.05, 0) is 35.9 Å². The third-order valence-electron chi connectivity index (χ3n) is 4.17. The Labute approximate surface area is 163 Å². The van der Waals surface area contributed by atoms with Crippen LogP contribution in [0.3, 0.4) is 0 Å². The molecule has 2 aromatic rings. The van der Waals surface area contributed by atoms with Crippen LogP contribution in [-0.2, 0) is 4.79 Å². The Bertz CT molecular complexity index is 851. The van der Waals surface area contributed by atoms with Gasteiger partial charge in [-0.15, -0.1) is 0 Å². The zero-order valence-electron chi connectivity index (χ0n) is 15.8. The molecular weight excluding hydrogens is 365 g/mol. The van der Waals surface area contributed by atoms with Crippen LogP contribution in [0, 0.1) is 5.82 Å². The number of carbonyl (C=O) groups excluding carboxylic acids is 1. The van der Waals surface area contributed by atoms with Gasteiger partial charge in [0.25, 0.3) is 0 Å². The molecule has 0 radical (unpaired) electrons. The van der Waals surface area contributed by atoms with Gasteiger partial charge < -0.3 is 23.8 Å². The van der Waals surface area contributed by atoms with E-state index in [2.05, 4.69) is 0 Å². The van der Waals surface area contributed by atoms with Crippen LogP contribution < -0.4 is 18.9 Å². The number of methoxy groups -OCH3 is 1. The van der Waals surface area contributed by atoms with Crippen molar-refractivity contribution in [3.63, 3.8) is 0 Å². The van der Waals surface area contributed by atoms with E-state index in [9.17, 15) is 9.18 Å². The highest BCUT2D eigenvalue weighted by molar-refractivity contribution is 5.91. The van der Waals surface area contributed by atoms with Gasteiger partial charge in [0.1, 0.15) is 19.8 Å². The molecule has 0 unspecified atom stereocenters. The van der Waals surface area contributed by atoms with Crippen molar-refractivity contribution in [1.29, 1.82) is 0 Å². The summed E-state index contributed by atoms with van der Waals surface area (Å²) in [6.07, 6.45) is 3.13. The molecule has 1 amide bonds. The maximum atomic E-state index is 13.5. The second-order valence-corrected chi connectivity index (χ2v) is 6.12. The molecule has 0 saturated carbocycles. The molecule has 3 rings (SSSR count). The van der Waals surface area contributed by atoms with Gasteiger partial charge in [0.2, 0.25) is 11.7 Å². The molecule has 1 aliphatic rings. The normalized spacial score (nSPS) is 12.7. The number of fused-ring (bicyclic) bond motifs is 1. The highest BCUT2D eigenvalue weighted by Crippen LogP contribution is 2.40. The van der Waals surface area contributed by atoms with E-state index >= 15 is 0 Å². The molecule has 0 atom stereocenters. The summed E-state index contributed by atoms with van der Waals surface area (Å²) < 4.78 is 35.4. The second kappa shape index (κ2) is 9.12. The lowest BCUT2D eigenvalue weighted by Gasteiger charge is -2.21. The molecule has 0 bridgehead atoms. The van der Waals surface area contributed by atoms with E-state index in [4.69, 9.17) is 18.9 Å². The number of halogens is 1. The van der Waals surface area contributed by atoms with Crippen molar-refractivity contribution in [3.8, 4) is 23.0 Å². The first-order chi connectivity index (χ1) is 13.6. The van der Waals surface area contributed by atoms with Gasteiger partial charge in [0.15, 0.2) is 23.1 Å². The molecule has 7 heteroatoms. The fourth-order valence-electron chi connectivity index (χ4n) is 2.65. The molecule has 0 spiro atoms. The predicted octanol–water partition coefficient (Wildman–Crippen LogP) is 3.16. The van der Waals surface area contributed by atoms with E-state index in [0.717, 1.165) is 5.56 Å². The van der Waals surface area contributed by atoms with Crippen LogP contribution in [0.4, 0.5) is 4.39 Å². The topological polar surface area (TPSA) is 57.2 Å².